The highest BCUT2D eigenvalue weighted by Gasteiger charge is 2.70. The Balaban J connectivity index is 1.96. The van der Waals surface area contributed by atoms with E-state index < -0.39 is 35.6 Å². The minimum atomic E-state index is -1.68. The quantitative estimate of drug-likeness (QED) is 0.535. The molecule has 2 saturated heterocycles. The van der Waals surface area contributed by atoms with Gasteiger partial charge in [-0.15, -0.1) is 0 Å². The van der Waals surface area contributed by atoms with Crippen LogP contribution in [0.2, 0.25) is 0 Å². The topological polar surface area (TPSA) is 88.4 Å². The first kappa shape index (κ1) is 13.7. The molecule has 0 bridgehead atoms. The van der Waals surface area contributed by atoms with E-state index in [-0.39, 0.29) is 12.2 Å². The summed E-state index contributed by atoms with van der Waals surface area (Å²) in [5, 5.41) is 31.1. The predicted octanol–water partition coefficient (Wildman–Crippen LogP) is -0.807. The summed E-state index contributed by atoms with van der Waals surface area (Å²) in [7, 11) is 0. The normalized spacial score (nSPS) is 61.6. The summed E-state index contributed by atoms with van der Waals surface area (Å²) in [4.78, 5) is 0. The van der Waals surface area contributed by atoms with Crippen molar-refractivity contribution < 1.29 is 29.5 Å². The largest absolute Gasteiger partial charge is 0.387 e. The van der Waals surface area contributed by atoms with Gasteiger partial charge in [-0.25, -0.2) is 0 Å². The number of aliphatic hydroxyl groups is 3. The molecule has 1 aliphatic carbocycles. The molecule has 2 aliphatic heterocycles. The van der Waals surface area contributed by atoms with Gasteiger partial charge in [-0.3, -0.25) is 0 Å². The summed E-state index contributed by atoms with van der Waals surface area (Å²) in [5.41, 5.74) is -2.66. The minimum Gasteiger partial charge on any atom is -0.387 e. The first-order valence-corrected chi connectivity index (χ1v) is 6.82. The molecule has 0 aromatic heterocycles. The second-order valence-corrected chi connectivity index (χ2v) is 6.33. The molecule has 2 unspecified atom stereocenters. The highest BCUT2D eigenvalue weighted by atomic mass is 16.6. The predicted molar refractivity (Wildman–Crippen MR) is 64.6 cm³/mol. The van der Waals surface area contributed by atoms with E-state index in [1.807, 2.05) is 13.8 Å². The Morgan fingerprint density at radius 2 is 1.79 bits per heavy atom. The smallest absolute Gasteiger partial charge is 0.128 e. The molecule has 3 N–H and O–H groups in total. The van der Waals surface area contributed by atoms with Gasteiger partial charge >= 0.3 is 0 Å². The molecule has 0 radical (unpaired) electrons. The monoisotopic (exact) mass is 274 g/mol. The maximum Gasteiger partial charge on any atom is 0.128 e. The van der Waals surface area contributed by atoms with Gasteiger partial charge in [0.2, 0.25) is 0 Å². The van der Waals surface area contributed by atoms with Gasteiger partial charge in [0.15, 0.2) is 0 Å². The summed E-state index contributed by atoms with van der Waals surface area (Å²) in [5.74, 6) is 0. The van der Waals surface area contributed by atoms with Crippen molar-refractivity contribution >= 4 is 0 Å². The van der Waals surface area contributed by atoms with Crippen LogP contribution >= 0.6 is 0 Å². The van der Waals surface area contributed by atoms with E-state index in [4.69, 9.17) is 14.2 Å². The summed E-state index contributed by atoms with van der Waals surface area (Å²) >= 11 is 0. The van der Waals surface area contributed by atoms with Crippen LogP contribution in [-0.2, 0) is 14.2 Å². The number of ether oxygens (including phenoxy) is 3. The summed E-state index contributed by atoms with van der Waals surface area (Å²) in [6.07, 6.45) is -3.22. The van der Waals surface area contributed by atoms with Gasteiger partial charge in [0.05, 0.1) is 18.8 Å². The fraction of sp³-hybridized carbons (Fsp3) is 1.00. The Hall–Kier alpha value is -0.240. The van der Waals surface area contributed by atoms with Crippen molar-refractivity contribution in [3.63, 3.8) is 0 Å². The van der Waals surface area contributed by atoms with Gasteiger partial charge in [-0.1, -0.05) is 0 Å². The Morgan fingerprint density at radius 1 is 1.16 bits per heavy atom. The van der Waals surface area contributed by atoms with Crippen LogP contribution in [0.3, 0.4) is 0 Å². The molecule has 3 aliphatic rings. The standard InChI is InChI=1S/C13H22O6/c1-6-4-13(19-6)10-8(18-7(2)5-17-10)9(14)12(3,16)11(13)15/h6-11,14-16H,4-5H2,1-3H3/t6?,7?,8-,9-,10-,11-,12+,13+/m1/s1. The van der Waals surface area contributed by atoms with Crippen LogP contribution in [0.25, 0.3) is 0 Å². The Kier molecular flexibility index (Phi) is 2.98. The zero-order chi connectivity index (χ0) is 14.0. The molecule has 1 spiro atoms. The molecule has 8 atom stereocenters. The third-order valence-corrected chi connectivity index (χ3v) is 4.63. The zero-order valence-corrected chi connectivity index (χ0v) is 11.4. The van der Waals surface area contributed by atoms with E-state index in [0.29, 0.717) is 13.0 Å². The Labute approximate surface area is 112 Å². The van der Waals surface area contributed by atoms with E-state index >= 15 is 0 Å². The van der Waals surface area contributed by atoms with Crippen LogP contribution < -0.4 is 0 Å². The summed E-state index contributed by atoms with van der Waals surface area (Å²) in [6.45, 7) is 5.55. The molecule has 0 aromatic rings. The van der Waals surface area contributed by atoms with Crippen molar-refractivity contribution in [1.29, 1.82) is 0 Å². The lowest BCUT2D eigenvalue weighted by Crippen LogP contribution is -2.81. The maximum atomic E-state index is 10.4. The van der Waals surface area contributed by atoms with Crippen LogP contribution in [0, 0.1) is 0 Å². The lowest BCUT2D eigenvalue weighted by Gasteiger charge is -2.63. The van der Waals surface area contributed by atoms with Gasteiger partial charge in [0.25, 0.3) is 0 Å². The average molecular weight is 274 g/mol. The van der Waals surface area contributed by atoms with Gasteiger partial charge in [0, 0.05) is 6.42 Å². The second kappa shape index (κ2) is 4.13. The fourth-order valence-corrected chi connectivity index (χ4v) is 3.69. The van der Waals surface area contributed by atoms with E-state index in [9.17, 15) is 15.3 Å². The number of hydrogen-bond acceptors (Lipinski definition) is 6. The van der Waals surface area contributed by atoms with E-state index in [1.165, 1.54) is 6.92 Å². The van der Waals surface area contributed by atoms with E-state index in [0.717, 1.165) is 0 Å². The van der Waals surface area contributed by atoms with E-state index in [1.54, 1.807) is 0 Å². The van der Waals surface area contributed by atoms with E-state index in [2.05, 4.69) is 0 Å². The SMILES string of the molecule is CC1CO[C@@H]2[C@H](O1)[C@@H](O)[C@](C)(O)[C@@H](O)[C@]21CC(C)O1. The van der Waals surface area contributed by atoms with Gasteiger partial charge in [-0.2, -0.15) is 0 Å². The fourth-order valence-electron chi connectivity index (χ4n) is 3.69. The summed E-state index contributed by atoms with van der Waals surface area (Å²) in [6, 6.07) is 0. The summed E-state index contributed by atoms with van der Waals surface area (Å²) < 4.78 is 17.2. The van der Waals surface area contributed by atoms with Crippen LogP contribution in [0.1, 0.15) is 27.2 Å². The third kappa shape index (κ3) is 1.71. The van der Waals surface area contributed by atoms with Crippen LogP contribution in [0.15, 0.2) is 0 Å². The highest BCUT2D eigenvalue weighted by molar-refractivity contribution is 5.19. The van der Waals surface area contributed by atoms with Gasteiger partial charge in [0.1, 0.15) is 35.6 Å². The highest BCUT2D eigenvalue weighted by Crippen LogP contribution is 2.50. The number of rotatable bonds is 0. The van der Waals surface area contributed by atoms with Crippen molar-refractivity contribution in [3.05, 3.63) is 0 Å². The molecule has 2 heterocycles. The molecule has 6 heteroatoms. The van der Waals surface area contributed by atoms with Gasteiger partial charge < -0.3 is 29.5 Å². The Bertz CT molecular complexity index is 364. The lowest BCUT2D eigenvalue weighted by molar-refractivity contribution is -0.391. The first-order valence-electron chi connectivity index (χ1n) is 6.82. The molecule has 1 saturated carbocycles. The Morgan fingerprint density at radius 3 is 2.37 bits per heavy atom. The van der Waals surface area contributed by atoms with Crippen LogP contribution in [0.4, 0.5) is 0 Å². The number of fused-ring (bicyclic) bond motifs is 2. The van der Waals surface area contributed by atoms with Crippen LogP contribution in [-0.4, -0.2) is 69.8 Å². The molecule has 0 aromatic carbocycles. The molecule has 3 fully saturated rings. The first-order chi connectivity index (χ1) is 8.79. The molecule has 0 amide bonds. The second-order valence-electron chi connectivity index (χ2n) is 6.33. The zero-order valence-electron chi connectivity index (χ0n) is 11.4. The average Bonchev–Trinajstić information content (AvgIpc) is 2.31. The van der Waals surface area contributed by atoms with Crippen molar-refractivity contribution in [1.82, 2.24) is 0 Å². The number of aliphatic hydroxyl groups excluding tert-OH is 2. The van der Waals surface area contributed by atoms with Crippen molar-refractivity contribution in [2.75, 3.05) is 6.61 Å². The molecule has 110 valence electrons. The lowest BCUT2D eigenvalue weighted by atomic mass is 9.63. The molecular formula is C13H22O6. The molecular weight excluding hydrogens is 252 g/mol. The minimum absolute atomic E-state index is 0.00397. The van der Waals surface area contributed by atoms with Crippen molar-refractivity contribution in [2.24, 2.45) is 0 Å². The number of hydrogen-bond donors (Lipinski definition) is 3. The third-order valence-electron chi connectivity index (χ3n) is 4.63. The van der Waals surface area contributed by atoms with Crippen molar-refractivity contribution in [3.8, 4) is 0 Å². The van der Waals surface area contributed by atoms with Gasteiger partial charge in [-0.05, 0) is 20.8 Å². The maximum absolute atomic E-state index is 10.4. The molecule has 19 heavy (non-hydrogen) atoms. The molecule has 6 nitrogen and oxygen atoms in total. The van der Waals surface area contributed by atoms with Crippen LogP contribution in [0.5, 0.6) is 0 Å². The van der Waals surface area contributed by atoms with Crippen molar-refractivity contribution in [2.45, 2.75) is 75.0 Å². The molecule has 3 rings (SSSR count).